The molecule has 2 rings (SSSR count). The molecule has 0 aliphatic carbocycles. The number of anilines is 1. The van der Waals surface area contributed by atoms with Crippen molar-refractivity contribution in [2.24, 2.45) is 0 Å². The lowest BCUT2D eigenvalue weighted by atomic mass is 10.0. The van der Waals surface area contributed by atoms with Gasteiger partial charge in [0.25, 0.3) is 5.91 Å². The van der Waals surface area contributed by atoms with E-state index >= 15 is 0 Å². The molecule has 0 aromatic carbocycles. The molecule has 1 aliphatic rings. The first-order chi connectivity index (χ1) is 8.65. The first-order valence-corrected chi connectivity index (χ1v) is 5.75. The molecule has 1 saturated heterocycles. The lowest BCUT2D eigenvalue weighted by Gasteiger charge is -2.33. The van der Waals surface area contributed by atoms with Gasteiger partial charge in [0.15, 0.2) is 0 Å². The van der Waals surface area contributed by atoms with Gasteiger partial charge in [0.05, 0.1) is 0 Å². The fourth-order valence-corrected chi connectivity index (χ4v) is 2.09. The average molecular weight is 253 g/mol. The Morgan fingerprint density at radius 3 is 2.83 bits per heavy atom. The molecule has 8 heteroatoms. The van der Waals surface area contributed by atoms with Gasteiger partial charge in [-0.15, -0.1) is 0 Å². The van der Waals surface area contributed by atoms with E-state index in [2.05, 4.69) is 20.3 Å². The van der Waals surface area contributed by atoms with Crippen LogP contribution in [0, 0.1) is 0 Å². The van der Waals surface area contributed by atoms with E-state index in [0.717, 1.165) is 12.8 Å². The van der Waals surface area contributed by atoms with Gasteiger partial charge >= 0.3 is 0 Å². The Labute approximate surface area is 103 Å². The number of hydrogen-bond donors (Lipinski definition) is 2. The molecule has 1 unspecified atom stereocenters. The largest absolute Gasteiger partial charge is 0.379 e. The number of nitrogens with one attached hydrogen (secondary N) is 1. The van der Waals surface area contributed by atoms with E-state index in [0.29, 0.717) is 13.0 Å². The van der Waals surface area contributed by atoms with Crippen LogP contribution >= 0.6 is 0 Å². The standard InChI is InChI=1S/C10H15N5O3/c1-12-9(16)6-4-2-3-5-15(6)10(17)7-8(11)14-18-13-7/h6H,2-5H2,1H3,(H2,11,14)(H,12,16). The zero-order chi connectivity index (χ0) is 13.1. The minimum Gasteiger partial charge on any atom is -0.379 e. The maximum atomic E-state index is 12.2. The lowest BCUT2D eigenvalue weighted by molar-refractivity contribution is -0.126. The van der Waals surface area contributed by atoms with E-state index < -0.39 is 11.9 Å². The Morgan fingerprint density at radius 2 is 2.22 bits per heavy atom. The van der Waals surface area contributed by atoms with E-state index in [1.54, 1.807) is 7.05 Å². The Morgan fingerprint density at radius 1 is 1.44 bits per heavy atom. The number of amides is 2. The Bertz CT molecular complexity index is 458. The van der Waals surface area contributed by atoms with Crippen molar-refractivity contribution in [3.8, 4) is 0 Å². The number of nitrogens with two attached hydrogens (primary N) is 1. The summed E-state index contributed by atoms with van der Waals surface area (Å²) in [6.07, 6.45) is 2.40. The molecule has 2 amide bonds. The molecule has 1 fully saturated rings. The number of nitrogens with zero attached hydrogens (tertiary/aromatic N) is 3. The molecule has 0 bridgehead atoms. The summed E-state index contributed by atoms with van der Waals surface area (Å²) in [4.78, 5) is 25.4. The van der Waals surface area contributed by atoms with Gasteiger partial charge in [0.1, 0.15) is 6.04 Å². The van der Waals surface area contributed by atoms with Crippen LogP contribution in [0.3, 0.4) is 0 Å². The Hall–Kier alpha value is -2.12. The molecule has 0 spiro atoms. The fraction of sp³-hybridized carbons (Fsp3) is 0.600. The van der Waals surface area contributed by atoms with E-state index in [1.165, 1.54) is 4.90 Å². The van der Waals surface area contributed by atoms with Gasteiger partial charge < -0.3 is 16.0 Å². The monoisotopic (exact) mass is 253 g/mol. The lowest BCUT2D eigenvalue weighted by Crippen LogP contribution is -2.51. The zero-order valence-corrected chi connectivity index (χ0v) is 10.0. The second-order valence-corrected chi connectivity index (χ2v) is 4.12. The molecular formula is C10H15N5O3. The number of aromatic nitrogens is 2. The Balaban J connectivity index is 2.21. The minimum absolute atomic E-state index is 0.0363. The van der Waals surface area contributed by atoms with Gasteiger partial charge in [-0.05, 0) is 29.6 Å². The number of carbonyl (C=O) groups is 2. The number of likely N-dealkylation sites (N-methyl/N-ethyl adjacent to an activating group) is 1. The number of nitrogen functional groups attached to an aromatic ring is 1. The van der Waals surface area contributed by atoms with Crippen LogP contribution in [-0.4, -0.2) is 46.7 Å². The molecule has 1 aromatic heterocycles. The molecule has 2 heterocycles. The molecule has 98 valence electrons. The van der Waals surface area contributed by atoms with Gasteiger partial charge in [0, 0.05) is 13.6 Å². The van der Waals surface area contributed by atoms with Crippen molar-refractivity contribution in [1.29, 1.82) is 0 Å². The van der Waals surface area contributed by atoms with Crippen LogP contribution in [0.25, 0.3) is 0 Å². The second kappa shape index (κ2) is 5.03. The molecule has 0 saturated carbocycles. The minimum atomic E-state index is -0.479. The summed E-state index contributed by atoms with van der Waals surface area (Å²) in [5, 5.41) is 9.40. The zero-order valence-electron chi connectivity index (χ0n) is 10.0. The van der Waals surface area contributed by atoms with Crippen LogP contribution in [-0.2, 0) is 4.79 Å². The molecule has 0 radical (unpaired) electrons. The summed E-state index contributed by atoms with van der Waals surface area (Å²) >= 11 is 0. The molecule has 1 aromatic rings. The van der Waals surface area contributed by atoms with Crippen LogP contribution in [0.5, 0.6) is 0 Å². The van der Waals surface area contributed by atoms with E-state index in [1.807, 2.05) is 0 Å². The summed E-state index contributed by atoms with van der Waals surface area (Å²) in [6, 6.07) is -0.479. The third-order valence-electron chi connectivity index (χ3n) is 3.03. The van der Waals surface area contributed by atoms with Crippen molar-refractivity contribution in [3.05, 3.63) is 5.69 Å². The highest BCUT2D eigenvalue weighted by molar-refractivity contribution is 5.99. The third kappa shape index (κ3) is 2.13. The normalized spacial score (nSPS) is 19.6. The summed E-state index contributed by atoms with van der Waals surface area (Å²) < 4.78 is 4.41. The quantitative estimate of drug-likeness (QED) is 0.726. The summed E-state index contributed by atoms with van der Waals surface area (Å²) in [5.74, 6) is -0.652. The second-order valence-electron chi connectivity index (χ2n) is 4.12. The number of likely N-dealkylation sites (tertiary alicyclic amines) is 1. The number of carbonyl (C=O) groups excluding carboxylic acids is 2. The predicted octanol–water partition coefficient (Wildman–Crippen LogP) is -0.607. The summed E-state index contributed by atoms with van der Waals surface area (Å²) in [5.41, 5.74) is 5.45. The van der Waals surface area contributed by atoms with Crippen molar-refractivity contribution in [3.63, 3.8) is 0 Å². The third-order valence-corrected chi connectivity index (χ3v) is 3.03. The SMILES string of the molecule is CNC(=O)C1CCCCN1C(=O)c1nonc1N. The molecule has 1 aliphatic heterocycles. The number of rotatable bonds is 2. The van der Waals surface area contributed by atoms with Gasteiger partial charge in [-0.1, -0.05) is 0 Å². The van der Waals surface area contributed by atoms with Crippen molar-refractivity contribution in [2.75, 3.05) is 19.3 Å². The van der Waals surface area contributed by atoms with Crippen LogP contribution < -0.4 is 11.1 Å². The van der Waals surface area contributed by atoms with Gasteiger partial charge in [0.2, 0.25) is 17.4 Å². The first kappa shape index (κ1) is 12.3. The smallest absolute Gasteiger partial charge is 0.280 e. The fourth-order valence-electron chi connectivity index (χ4n) is 2.09. The molecular weight excluding hydrogens is 238 g/mol. The summed E-state index contributed by atoms with van der Waals surface area (Å²) in [7, 11) is 1.55. The van der Waals surface area contributed by atoms with Crippen molar-refractivity contribution < 1.29 is 14.2 Å². The molecule has 3 N–H and O–H groups in total. The van der Waals surface area contributed by atoms with Crippen molar-refractivity contribution >= 4 is 17.6 Å². The molecule has 1 atom stereocenters. The predicted molar refractivity (Wildman–Crippen MR) is 61.5 cm³/mol. The Kier molecular flexibility index (Phi) is 3.45. The van der Waals surface area contributed by atoms with Gasteiger partial charge in [-0.25, -0.2) is 4.63 Å². The summed E-state index contributed by atoms with van der Waals surface area (Å²) in [6.45, 7) is 0.503. The van der Waals surface area contributed by atoms with E-state index in [4.69, 9.17) is 5.73 Å². The van der Waals surface area contributed by atoms with Gasteiger partial charge in [-0.2, -0.15) is 0 Å². The van der Waals surface area contributed by atoms with Crippen LogP contribution in [0.2, 0.25) is 0 Å². The molecule has 18 heavy (non-hydrogen) atoms. The maximum Gasteiger partial charge on any atom is 0.280 e. The van der Waals surface area contributed by atoms with E-state index in [-0.39, 0.29) is 17.4 Å². The highest BCUT2D eigenvalue weighted by atomic mass is 16.6. The first-order valence-electron chi connectivity index (χ1n) is 5.75. The van der Waals surface area contributed by atoms with Crippen LogP contribution in [0.1, 0.15) is 29.8 Å². The van der Waals surface area contributed by atoms with Crippen LogP contribution in [0.15, 0.2) is 4.63 Å². The van der Waals surface area contributed by atoms with Crippen molar-refractivity contribution in [2.45, 2.75) is 25.3 Å². The number of hydrogen-bond acceptors (Lipinski definition) is 6. The number of piperidine rings is 1. The maximum absolute atomic E-state index is 12.2. The average Bonchev–Trinajstić information content (AvgIpc) is 2.83. The highest BCUT2D eigenvalue weighted by Gasteiger charge is 2.34. The highest BCUT2D eigenvalue weighted by Crippen LogP contribution is 2.20. The van der Waals surface area contributed by atoms with E-state index in [9.17, 15) is 9.59 Å². The molecule has 8 nitrogen and oxygen atoms in total. The van der Waals surface area contributed by atoms with Crippen molar-refractivity contribution in [1.82, 2.24) is 20.5 Å². The van der Waals surface area contributed by atoms with Gasteiger partial charge in [-0.3, -0.25) is 9.59 Å². The van der Waals surface area contributed by atoms with Crippen LogP contribution in [0.4, 0.5) is 5.82 Å². The topological polar surface area (TPSA) is 114 Å².